The van der Waals surface area contributed by atoms with Gasteiger partial charge in [0.05, 0.1) is 19.8 Å². The summed E-state index contributed by atoms with van der Waals surface area (Å²) in [4.78, 5) is 14.2. The normalized spacial score (nSPS) is 15.2. The molecule has 7 nitrogen and oxygen atoms in total. The number of carbonyl (C=O) groups excluding carboxylic acids is 1. The third-order valence-corrected chi connectivity index (χ3v) is 4.57. The van der Waals surface area contributed by atoms with Crippen LogP contribution < -0.4 is 5.32 Å². The lowest BCUT2D eigenvalue weighted by Crippen LogP contribution is -2.37. The van der Waals surface area contributed by atoms with E-state index in [1.54, 1.807) is 0 Å². The van der Waals surface area contributed by atoms with Crippen LogP contribution in [0.4, 0.5) is 8.78 Å². The summed E-state index contributed by atoms with van der Waals surface area (Å²) in [5, 5.41) is 10.5. The van der Waals surface area contributed by atoms with Gasteiger partial charge in [0, 0.05) is 25.4 Å². The van der Waals surface area contributed by atoms with Gasteiger partial charge in [0.15, 0.2) is 0 Å². The van der Waals surface area contributed by atoms with Crippen LogP contribution in [0.1, 0.15) is 16.2 Å². The number of amides is 1. The molecule has 1 aliphatic rings. The molecule has 0 atom stereocenters. The van der Waals surface area contributed by atoms with E-state index in [9.17, 15) is 13.6 Å². The van der Waals surface area contributed by atoms with Crippen LogP contribution in [0.15, 0.2) is 27.8 Å². The number of thioether (sulfide) groups is 1. The SMILES string of the molecule is O=C(NCc1nnc(SCCN2CCOCC2)o1)c1c(F)cccc1F. The van der Waals surface area contributed by atoms with Crippen LogP contribution in [-0.4, -0.2) is 59.6 Å². The fourth-order valence-electron chi connectivity index (χ4n) is 2.41. The van der Waals surface area contributed by atoms with E-state index in [1.165, 1.54) is 17.8 Å². The van der Waals surface area contributed by atoms with Crippen molar-refractivity contribution in [3.05, 3.63) is 41.3 Å². The molecule has 1 amide bonds. The molecule has 1 saturated heterocycles. The van der Waals surface area contributed by atoms with Gasteiger partial charge in [-0.05, 0) is 12.1 Å². The zero-order valence-electron chi connectivity index (χ0n) is 13.9. The first-order chi connectivity index (χ1) is 12.6. The second-order valence-corrected chi connectivity index (χ2v) is 6.59. The van der Waals surface area contributed by atoms with Gasteiger partial charge >= 0.3 is 0 Å². The van der Waals surface area contributed by atoms with Crippen molar-refractivity contribution in [3.63, 3.8) is 0 Å². The maximum Gasteiger partial charge on any atom is 0.276 e. The summed E-state index contributed by atoms with van der Waals surface area (Å²) in [5.74, 6) is -1.77. The molecule has 2 aromatic rings. The number of ether oxygens (including phenoxy) is 1. The van der Waals surface area contributed by atoms with Crippen molar-refractivity contribution >= 4 is 17.7 Å². The Bertz CT molecular complexity index is 733. The van der Waals surface area contributed by atoms with Crippen molar-refractivity contribution in [1.82, 2.24) is 20.4 Å². The summed E-state index contributed by atoms with van der Waals surface area (Å²) >= 11 is 1.41. The quantitative estimate of drug-likeness (QED) is 0.728. The first-order valence-corrected chi connectivity index (χ1v) is 9.09. The Morgan fingerprint density at radius 1 is 1.23 bits per heavy atom. The van der Waals surface area contributed by atoms with Crippen LogP contribution in [-0.2, 0) is 11.3 Å². The molecular formula is C16H18F2N4O3S. The Morgan fingerprint density at radius 3 is 2.69 bits per heavy atom. The molecular weight excluding hydrogens is 366 g/mol. The lowest BCUT2D eigenvalue weighted by atomic mass is 10.2. The molecule has 0 spiro atoms. The van der Waals surface area contributed by atoms with Gasteiger partial charge in [0.1, 0.15) is 17.2 Å². The minimum absolute atomic E-state index is 0.108. The number of rotatable bonds is 7. The van der Waals surface area contributed by atoms with Crippen molar-refractivity contribution in [2.45, 2.75) is 11.8 Å². The van der Waals surface area contributed by atoms with E-state index in [4.69, 9.17) is 9.15 Å². The molecule has 0 radical (unpaired) electrons. The number of hydrogen-bond acceptors (Lipinski definition) is 7. The second kappa shape index (κ2) is 9.06. The Morgan fingerprint density at radius 2 is 1.96 bits per heavy atom. The minimum atomic E-state index is -0.924. The zero-order chi connectivity index (χ0) is 18.4. The molecule has 1 aromatic carbocycles. The summed E-state index contributed by atoms with van der Waals surface area (Å²) in [7, 11) is 0. The molecule has 140 valence electrons. The number of nitrogens with zero attached hydrogens (tertiary/aromatic N) is 3. The van der Waals surface area contributed by atoms with E-state index < -0.39 is 23.1 Å². The van der Waals surface area contributed by atoms with Gasteiger partial charge in [-0.1, -0.05) is 17.8 Å². The highest BCUT2D eigenvalue weighted by molar-refractivity contribution is 7.99. The van der Waals surface area contributed by atoms with Crippen LogP contribution in [0.3, 0.4) is 0 Å². The van der Waals surface area contributed by atoms with E-state index in [-0.39, 0.29) is 12.4 Å². The van der Waals surface area contributed by atoms with Crippen molar-refractivity contribution in [2.75, 3.05) is 38.6 Å². The number of benzene rings is 1. The van der Waals surface area contributed by atoms with Crippen LogP contribution in [0.2, 0.25) is 0 Å². The predicted molar refractivity (Wildman–Crippen MR) is 89.8 cm³/mol. The molecule has 0 aliphatic carbocycles. The monoisotopic (exact) mass is 384 g/mol. The highest BCUT2D eigenvalue weighted by Gasteiger charge is 2.18. The molecule has 26 heavy (non-hydrogen) atoms. The molecule has 3 rings (SSSR count). The van der Waals surface area contributed by atoms with Gasteiger partial charge < -0.3 is 14.5 Å². The van der Waals surface area contributed by atoms with E-state index in [2.05, 4.69) is 20.4 Å². The van der Waals surface area contributed by atoms with Crippen molar-refractivity contribution in [3.8, 4) is 0 Å². The van der Waals surface area contributed by atoms with Crippen molar-refractivity contribution in [2.24, 2.45) is 0 Å². The van der Waals surface area contributed by atoms with Crippen LogP contribution in [0.5, 0.6) is 0 Å². The maximum absolute atomic E-state index is 13.6. The van der Waals surface area contributed by atoms with Gasteiger partial charge in [-0.15, -0.1) is 10.2 Å². The van der Waals surface area contributed by atoms with Gasteiger partial charge in [-0.3, -0.25) is 9.69 Å². The number of aromatic nitrogens is 2. The molecule has 1 N–H and O–H groups in total. The highest BCUT2D eigenvalue weighted by Crippen LogP contribution is 2.17. The number of nitrogens with one attached hydrogen (secondary N) is 1. The number of carbonyl (C=O) groups is 1. The minimum Gasteiger partial charge on any atom is -0.414 e. The van der Waals surface area contributed by atoms with Gasteiger partial charge in [-0.25, -0.2) is 8.78 Å². The first kappa shape index (κ1) is 18.7. The lowest BCUT2D eigenvalue weighted by Gasteiger charge is -2.25. The fraction of sp³-hybridized carbons (Fsp3) is 0.438. The highest BCUT2D eigenvalue weighted by atomic mass is 32.2. The standard InChI is InChI=1S/C16H18F2N4O3S/c17-11-2-1-3-12(18)14(11)15(23)19-10-13-20-21-16(25-13)26-9-6-22-4-7-24-8-5-22/h1-3H,4-10H2,(H,19,23). The van der Waals surface area contributed by atoms with E-state index in [0.29, 0.717) is 5.22 Å². The fourth-order valence-corrected chi connectivity index (χ4v) is 3.19. The second-order valence-electron chi connectivity index (χ2n) is 5.54. The first-order valence-electron chi connectivity index (χ1n) is 8.11. The van der Waals surface area contributed by atoms with Gasteiger partial charge in [-0.2, -0.15) is 0 Å². The maximum atomic E-state index is 13.6. The molecule has 1 aliphatic heterocycles. The Balaban J connectivity index is 1.45. The third-order valence-electron chi connectivity index (χ3n) is 3.78. The zero-order valence-corrected chi connectivity index (χ0v) is 14.7. The molecule has 0 unspecified atom stereocenters. The lowest BCUT2D eigenvalue weighted by molar-refractivity contribution is 0.0410. The van der Waals surface area contributed by atoms with Crippen molar-refractivity contribution in [1.29, 1.82) is 0 Å². The van der Waals surface area contributed by atoms with E-state index in [0.717, 1.165) is 50.7 Å². The molecule has 0 saturated carbocycles. The smallest absolute Gasteiger partial charge is 0.276 e. The van der Waals surface area contributed by atoms with Gasteiger partial charge in [0.2, 0.25) is 5.89 Å². The Labute approximate surface area is 153 Å². The van der Waals surface area contributed by atoms with Crippen LogP contribution >= 0.6 is 11.8 Å². The topological polar surface area (TPSA) is 80.5 Å². The Hall–Kier alpha value is -2.04. The predicted octanol–water partition coefficient (Wildman–Crippen LogP) is 1.70. The van der Waals surface area contributed by atoms with Crippen LogP contribution in [0.25, 0.3) is 0 Å². The average Bonchev–Trinajstić information content (AvgIpc) is 3.08. The molecule has 0 bridgehead atoms. The molecule has 1 aromatic heterocycles. The summed E-state index contributed by atoms with van der Waals surface area (Å²) in [6.07, 6.45) is 0. The third kappa shape index (κ3) is 4.99. The van der Waals surface area contributed by atoms with Gasteiger partial charge in [0.25, 0.3) is 11.1 Å². The molecule has 10 heteroatoms. The number of morpholine rings is 1. The average molecular weight is 384 g/mol. The summed E-state index contributed by atoms with van der Waals surface area (Å²) in [6.45, 7) is 4.09. The van der Waals surface area contributed by atoms with E-state index in [1.807, 2.05) is 0 Å². The number of hydrogen-bond donors (Lipinski definition) is 1. The summed E-state index contributed by atoms with van der Waals surface area (Å²) in [6, 6.07) is 3.24. The largest absolute Gasteiger partial charge is 0.414 e. The van der Waals surface area contributed by atoms with Crippen LogP contribution in [0, 0.1) is 11.6 Å². The Kier molecular flexibility index (Phi) is 6.53. The molecule has 1 fully saturated rings. The summed E-state index contributed by atoms with van der Waals surface area (Å²) in [5.41, 5.74) is -0.632. The summed E-state index contributed by atoms with van der Waals surface area (Å²) < 4.78 is 37.8. The number of halogens is 2. The molecule has 2 heterocycles. The van der Waals surface area contributed by atoms with Crippen molar-refractivity contribution < 1.29 is 22.7 Å². The van der Waals surface area contributed by atoms with E-state index >= 15 is 0 Å².